The van der Waals surface area contributed by atoms with Crippen LogP contribution in [0.2, 0.25) is 0 Å². The maximum atomic E-state index is 9.33. The highest BCUT2D eigenvalue weighted by Crippen LogP contribution is 2.20. The van der Waals surface area contributed by atoms with Gasteiger partial charge >= 0.3 is 0 Å². The van der Waals surface area contributed by atoms with E-state index in [-0.39, 0.29) is 24.3 Å². The fraction of sp³-hybridized carbons (Fsp3) is 1.00. The SMILES string of the molecule is CCCCCCCC(N)(CO)CCCC.CCCCCCCCCCCCC(N)(CO)CCC. The highest BCUT2D eigenvalue weighted by atomic mass is 16.3. The molecule has 2 unspecified atom stereocenters. The van der Waals surface area contributed by atoms with Crippen LogP contribution in [0.5, 0.6) is 0 Å². The Kier molecular flexibility index (Phi) is 27.4. The van der Waals surface area contributed by atoms with Gasteiger partial charge in [-0.15, -0.1) is 0 Å². The molecule has 0 aromatic carbocycles. The van der Waals surface area contributed by atoms with E-state index in [1.165, 1.54) is 96.3 Å². The number of aliphatic hydroxyl groups excluding tert-OH is 2. The highest BCUT2D eigenvalue weighted by molar-refractivity contribution is 4.83. The zero-order valence-electron chi connectivity index (χ0n) is 24.0. The Morgan fingerprint density at radius 1 is 0.382 bits per heavy atom. The van der Waals surface area contributed by atoms with Gasteiger partial charge in [0.2, 0.25) is 0 Å². The summed E-state index contributed by atoms with van der Waals surface area (Å²) >= 11 is 0. The molecular formula is C30H66N2O2. The minimum atomic E-state index is -0.311. The zero-order chi connectivity index (χ0) is 26.0. The third-order valence-corrected chi connectivity index (χ3v) is 7.21. The van der Waals surface area contributed by atoms with Gasteiger partial charge in [0.15, 0.2) is 0 Å². The predicted octanol–water partition coefficient (Wildman–Crippen LogP) is 8.01. The second kappa shape index (κ2) is 25.9. The van der Waals surface area contributed by atoms with Crippen molar-refractivity contribution in [3.05, 3.63) is 0 Å². The molecule has 208 valence electrons. The van der Waals surface area contributed by atoms with Crippen LogP contribution in [-0.2, 0) is 0 Å². The van der Waals surface area contributed by atoms with Crippen molar-refractivity contribution < 1.29 is 10.2 Å². The minimum Gasteiger partial charge on any atom is -0.394 e. The molecule has 4 nitrogen and oxygen atoms in total. The maximum absolute atomic E-state index is 9.33. The van der Waals surface area contributed by atoms with Crippen molar-refractivity contribution in [2.45, 2.75) is 180 Å². The summed E-state index contributed by atoms with van der Waals surface area (Å²) in [7, 11) is 0. The van der Waals surface area contributed by atoms with Crippen LogP contribution in [-0.4, -0.2) is 34.5 Å². The first-order valence-corrected chi connectivity index (χ1v) is 15.2. The van der Waals surface area contributed by atoms with Crippen molar-refractivity contribution in [3.8, 4) is 0 Å². The number of rotatable bonds is 24. The minimum absolute atomic E-state index is 0.137. The van der Waals surface area contributed by atoms with Crippen molar-refractivity contribution in [1.82, 2.24) is 0 Å². The Hall–Kier alpha value is -0.160. The lowest BCUT2D eigenvalue weighted by molar-refractivity contribution is 0.172. The summed E-state index contributed by atoms with van der Waals surface area (Å²) in [6, 6.07) is 0. The van der Waals surface area contributed by atoms with Gasteiger partial charge in [-0.2, -0.15) is 0 Å². The van der Waals surface area contributed by atoms with Crippen molar-refractivity contribution >= 4 is 0 Å². The van der Waals surface area contributed by atoms with Crippen LogP contribution >= 0.6 is 0 Å². The molecule has 0 amide bonds. The molecule has 0 rings (SSSR count). The molecule has 0 aliphatic carbocycles. The third-order valence-electron chi connectivity index (χ3n) is 7.21. The molecule has 0 bridgehead atoms. The van der Waals surface area contributed by atoms with Gasteiger partial charge in [-0.05, 0) is 25.7 Å². The largest absolute Gasteiger partial charge is 0.394 e. The van der Waals surface area contributed by atoms with Gasteiger partial charge in [-0.1, -0.05) is 143 Å². The van der Waals surface area contributed by atoms with Crippen LogP contribution in [0.25, 0.3) is 0 Å². The van der Waals surface area contributed by atoms with E-state index in [0.717, 1.165) is 44.9 Å². The van der Waals surface area contributed by atoms with Gasteiger partial charge in [0.05, 0.1) is 13.2 Å². The Bertz CT molecular complexity index is 394. The molecule has 0 radical (unpaired) electrons. The lowest BCUT2D eigenvalue weighted by Crippen LogP contribution is -2.43. The van der Waals surface area contributed by atoms with E-state index < -0.39 is 0 Å². The molecule has 0 aromatic heterocycles. The Balaban J connectivity index is 0. The van der Waals surface area contributed by atoms with E-state index in [0.29, 0.717) is 0 Å². The van der Waals surface area contributed by atoms with E-state index in [1.807, 2.05) is 0 Å². The van der Waals surface area contributed by atoms with Crippen molar-refractivity contribution in [2.24, 2.45) is 11.5 Å². The van der Waals surface area contributed by atoms with Crippen molar-refractivity contribution in [3.63, 3.8) is 0 Å². The van der Waals surface area contributed by atoms with Gasteiger partial charge in [-0.3, -0.25) is 0 Å². The fourth-order valence-electron chi connectivity index (χ4n) is 4.64. The molecular weight excluding hydrogens is 420 g/mol. The first-order valence-electron chi connectivity index (χ1n) is 15.2. The first-order chi connectivity index (χ1) is 16.4. The Morgan fingerprint density at radius 3 is 1.00 bits per heavy atom. The zero-order valence-corrected chi connectivity index (χ0v) is 24.0. The fourth-order valence-corrected chi connectivity index (χ4v) is 4.64. The van der Waals surface area contributed by atoms with Crippen molar-refractivity contribution in [1.29, 1.82) is 0 Å². The molecule has 0 saturated carbocycles. The quantitative estimate of drug-likeness (QED) is 0.104. The molecule has 4 heteroatoms. The van der Waals surface area contributed by atoms with Crippen LogP contribution < -0.4 is 11.5 Å². The summed E-state index contributed by atoms with van der Waals surface area (Å²) in [5, 5.41) is 18.6. The monoisotopic (exact) mass is 487 g/mol. The second-order valence-electron chi connectivity index (χ2n) is 11.0. The first kappa shape index (κ1) is 36.0. The molecule has 0 aromatic rings. The number of hydrogen-bond acceptors (Lipinski definition) is 4. The summed E-state index contributed by atoms with van der Waals surface area (Å²) in [6.45, 7) is 9.07. The van der Waals surface area contributed by atoms with Crippen LogP contribution in [0.15, 0.2) is 0 Å². The topological polar surface area (TPSA) is 92.5 Å². The number of unbranched alkanes of at least 4 members (excludes halogenated alkanes) is 14. The van der Waals surface area contributed by atoms with E-state index in [2.05, 4.69) is 27.7 Å². The summed E-state index contributed by atoms with van der Waals surface area (Å²) in [6.07, 6.45) is 27.1. The summed E-state index contributed by atoms with van der Waals surface area (Å²) in [5.74, 6) is 0. The molecule has 2 atom stereocenters. The Morgan fingerprint density at radius 2 is 0.676 bits per heavy atom. The van der Waals surface area contributed by atoms with Crippen LogP contribution in [0.1, 0.15) is 169 Å². The molecule has 6 N–H and O–H groups in total. The second-order valence-corrected chi connectivity index (χ2v) is 11.0. The third kappa shape index (κ3) is 23.6. The lowest BCUT2D eigenvalue weighted by atomic mass is 9.88. The van der Waals surface area contributed by atoms with Gasteiger partial charge in [0.25, 0.3) is 0 Å². The smallest absolute Gasteiger partial charge is 0.0611 e. The highest BCUT2D eigenvalue weighted by Gasteiger charge is 2.22. The van der Waals surface area contributed by atoms with E-state index >= 15 is 0 Å². The average Bonchev–Trinajstić information content (AvgIpc) is 2.84. The van der Waals surface area contributed by atoms with Crippen LogP contribution in [0.3, 0.4) is 0 Å². The van der Waals surface area contributed by atoms with E-state index in [1.54, 1.807) is 0 Å². The molecule has 34 heavy (non-hydrogen) atoms. The molecule has 0 fully saturated rings. The maximum Gasteiger partial charge on any atom is 0.0611 e. The molecule has 0 saturated heterocycles. The average molecular weight is 487 g/mol. The van der Waals surface area contributed by atoms with Gasteiger partial charge < -0.3 is 21.7 Å². The predicted molar refractivity (Wildman–Crippen MR) is 152 cm³/mol. The molecule has 0 aliphatic heterocycles. The normalized spacial score (nSPS) is 14.8. The summed E-state index contributed by atoms with van der Waals surface area (Å²) < 4.78 is 0. The summed E-state index contributed by atoms with van der Waals surface area (Å²) in [5.41, 5.74) is 11.7. The van der Waals surface area contributed by atoms with Crippen molar-refractivity contribution in [2.75, 3.05) is 13.2 Å². The molecule has 0 aliphatic rings. The van der Waals surface area contributed by atoms with Gasteiger partial charge in [0.1, 0.15) is 0 Å². The van der Waals surface area contributed by atoms with Gasteiger partial charge in [0, 0.05) is 11.1 Å². The van der Waals surface area contributed by atoms with Crippen LogP contribution in [0.4, 0.5) is 0 Å². The van der Waals surface area contributed by atoms with E-state index in [4.69, 9.17) is 11.5 Å². The van der Waals surface area contributed by atoms with E-state index in [9.17, 15) is 10.2 Å². The Labute approximate surface area is 215 Å². The van der Waals surface area contributed by atoms with Gasteiger partial charge in [-0.25, -0.2) is 0 Å². The molecule has 0 spiro atoms. The molecule has 0 heterocycles. The number of hydrogen-bond donors (Lipinski definition) is 4. The lowest BCUT2D eigenvalue weighted by Gasteiger charge is -2.27. The summed E-state index contributed by atoms with van der Waals surface area (Å²) in [4.78, 5) is 0. The number of aliphatic hydroxyl groups is 2. The number of nitrogens with two attached hydrogens (primary N) is 2. The standard InChI is InChI=1S/C17H37NO.C13H29NO/c1-3-5-6-7-8-9-10-11-12-13-15-17(18,16-19)14-4-2;1-3-5-7-8-9-11-13(14,12-15)10-6-4-2/h19H,3-16,18H2,1-2H3;15H,3-12,14H2,1-2H3. The van der Waals surface area contributed by atoms with Crippen LogP contribution in [0, 0.1) is 0 Å².